The van der Waals surface area contributed by atoms with E-state index in [4.69, 9.17) is 10.1 Å². The first-order chi connectivity index (χ1) is 14.3. The zero-order valence-corrected chi connectivity index (χ0v) is 17.9. The van der Waals surface area contributed by atoms with Crippen LogP contribution in [0.4, 0.5) is 5.69 Å². The summed E-state index contributed by atoms with van der Waals surface area (Å²) in [7, 11) is -4.00. The van der Waals surface area contributed by atoms with E-state index in [1.807, 2.05) is 31.4 Å². The molecule has 1 amide bonds. The third kappa shape index (κ3) is 3.72. The van der Waals surface area contributed by atoms with Gasteiger partial charge in [0, 0.05) is 6.04 Å². The fourth-order valence-corrected chi connectivity index (χ4v) is 4.52. The minimum absolute atomic E-state index is 0.0487. The number of hydrogen-bond donors (Lipinski definition) is 2. The van der Waals surface area contributed by atoms with Gasteiger partial charge >= 0.3 is 0 Å². The minimum atomic E-state index is -4.00. The Kier molecular flexibility index (Phi) is 5.14. The zero-order valence-electron chi connectivity index (χ0n) is 16.2. The number of primary sulfonamides is 1. The van der Waals surface area contributed by atoms with Crippen LogP contribution in [0.2, 0.25) is 0 Å². The number of anilines is 1. The number of rotatable bonds is 5. The van der Waals surface area contributed by atoms with Crippen LogP contribution in [-0.2, 0) is 10.0 Å². The highest BCUT2D eigenvalue weighted by atomic mass is 32.2. The Balaban J connectivity index is 1.85. The average molecular weight is 442 g/mol. The summed E-state index contributed by atoms with van der Waals surface area (Å²) in [5.74, 6) is -0.473. The van der Waals surface area contributed by atoms with Crippen LogP contribution in [0.5, 0.6) is 0 Å². The van der Waals surface area contributed by atoms with Crippen molar-refractivity contribution >= 4 is 44.0 Å². The molecule has 4 aromatic rings. The highest BCUT2D eigenvalue weighted by molar-refractivity contribution is 7.89. The van der Waals surface area contributed by atoms with Crippen LogP contribution in [0, 0.1) is 0 Å². The number of sulfonamides is 1. The molecule has 3 N–H and O–H groups in total. The van der Waals surface area contributed by atoms with Crippen molar-refractivity contribution in [1.82, 2.24) is 14.8 Å². The number of fused-ring (bicyclic) bond motifs is 1. The van der Waals surface area contributed by atoms with Gasteiger partial charge in [0.25, 0.3) is 5.91 Å². The van der Waals surface area contributed by atoms with E-state index in [9.17, 15) is 13.2 Å². The van der Waals surface area contributed by atoms with Gasteiger partial charge in [-0.2, -0.15) is 5.10 Å². The van der Waals surface area contributed by atoms with E-state index in [2.05, 4.69) is 10.4 Å². The number of nitrogens with zero attached hydrogens (tertiary/aromatic N) is 3. The molecular weight excluding hydrogens is 422 g/mol. The largest absolute Gasteiger partial charge is 0.321 e. The Bertz CT molecular complexity index is 1340. The number of benzene rings is 1. The third-order valence-electron chi connectivity index (χ3n) is 4.52. The van der Waals surface area contributed by atoms with E-state index in [1.54, 1.807) is 29.1 Å². The fraction of sp³-hybridized carbons (Fsp3) is 0.150. The lowest BCUT2D eigenvalue weighted by atomic mass is 10.1. The first kappa shape index (κ1) is 20.2. The highest BCUT2D eigenvalue weighted by Gasteiger charge is 2.21. The molecule has 0 saturated carbocycles. The predicted octanol–water partition coefficient (Wildman–Crippen LogP) is 3.64. The molecule has 0 bridgehead atoms. The molecule has 154 valence electrons. The van der Waals surface area contributed by atoms with Crippen LogP contribution in [0.25, 0.3) is 21.6 Å². The lowest BCUT2D eigenvalue weighted by molar-refractivity contribution is 0.102. The third-order valence-corrected chi connectivity index (χ3v) is 6.38. The first-order valence-electron chi connectivity index (χ1n) is 9.11. The standard InChI is InChI=1S/C20H19N5O3S2/c1-12(2)25-19-14(11-22-25)13(10-16(23-19)17-7-5-9-29-17)20(26)24-15-6-3-4-8-18(15)30(21,27)28/h3-12H,1-2H3,(H,24,26)(H2,21,27,28). The number of nitrogens with one attached hydrogen (secondary N) is 1. The summed E-state index contributed by atoms with van der Waals surface area (Å²) in [5, 5.41) is 14.9. The summed E-state index contributed by atoms with van der Waals surface area (Å²) in [5.41, 5.74) is 1.69. The van der Waals surface area contributed by atoms with Crippen molar-refractivity contribution < 1.29 is 13.2 Å². The molecule has 30 heavy (non-hydrogen) atoms. The van der Waals surface area contributed by atoms with Crippen LogP contribution in [0.3, 0.4) is 0 Å². The fourth-order valence-electron chi connectivity index (χ4n) is 3.14. The number of amides is 1. The molecule has 0 unspecified atom stereocenters. The molecule has 0 aliphatic carbocycles. The van der Waals surface area contributed by atoms with E-state index < -0.39 is 15.9 Å². The van der Waals surface area contributed by atoms with Gasteiger partial charge < -0.3 is 5.32 Å². The van der Waals surface area contributed by atoms with Crippen molar-refractivity contribution in [3.63, 3.8) is 0 Å². The molecular formula is C20H19N5O3S2. The minimum Gasteiger partial charge on any atom is -0.321 e. The molecule has 0 radical (unpaired) electrons. The Morgan fingerprint density at radius 2 is 1.97 bits per heavy atom. The van der Waals surface area contributed by atoms with Crippen molar-refractivity contribution in [2.45, 2.75) is 24.8 Å². The lowest BCUT2D eigenvalue weighted by Gasteiger charge is -2.12. The van der Waals surface area contributed by atoms with Gasteiger partial charge in [0.2, 0.25) is 10.0 Å². The van der Waals surface area contributed by atoms with Crippen LogP contribution in [0.15, 0.2) is 58.9 Å². The van der Waals surface area contributed by atoms with E-state index >= 15 is 0 Å². The first-order valence-corrected chi connectivity index (χ1v) is 11.5. The van der Waals surface area contributed by atoms with E-state index in [0.29, 0.717) is 22.3 Å². The number of pyridine rings is 1. The van der Waals surface area contributed by atoms with Gasteiger partial charge in [0.1, 0.15) is 4.90 Å². The number of carbonyl (C=O) groups excluding carboxylic acids is 1. The summed E-state index contributed by atoms with van der Waals surface area (Å²) in [6.07, 6.45) is 1.60. The summed E-state index contributed by atoms with van der Waals surface area (Å²) < 4.78 is 25.5. The monoisotopic (exact) mass is 441 g/mol. The molecule has 0 aliphatic rings. The molecule has 0 fully saturated rings. The van der Waals surface area contributed by atoms with Gasteiger partial charge in [-0.1, -0.05) is 18.2 Å². The second kappa shape index (κ2) is 7.63. The quantitative estimate of drug-likeness (QED) is 0.490. The maximum Gasteiger partial charge on any atom is 0.256 e. The maximum absolute atomic E-state index is 13.2. The van der Waals surface area contributed by atoms with Crippen molar-refractivity contribution in [1.29, 1.82) is 0 Å². The molecule has 0 atom stereocenters. The second-order valence-electron chi connectivity index (χ2n) is 6.95. The summed E-state index contributed by atoms with van der Waals surface area (Å²) in [6, 6.07) is 11.6. The number of para-hydroxylation sites is 1. The lowest BCUT2D eigenvalue weighted by Crippen LogP contribution is -2.18. The van der Waals surface area contributed by atoms with Gasteiger partial charge in [-0.25, -0.2) is 23.2 Å². The Hall–Kier alpha value is -3.08. The zero-order chi connectivity index (χ0) is 21.5. The number of nitrogens with two attached hydrogens (primary N) is 1. The smallest absolute Gasteiger partial charge is 0.256 e. The van der Waals surface area contributed by atoms with Gasteiger partial charge in [0.15, 0.2) is 5.65 Å². The number of carbonyl (C=O) groups is 1. The average Bonchev–Trinajstić information content (AvgIpc) is 3.36. The Morgan fingerprint density at radius 3 is 2.63 bits per heavy atom. The topological polar surface area (TPSA) is 120 Å². The SMILES string of the molecule is CC(C)n1ncc2c(C(=O)Nc3ccccc3S(N)(=O)=O)cc(-c3cccs3)nc21. The summed E-state index contributed by atoms with van der Waals surface area (Å²) in [6.45, 7) is 3.96. The van der Waals surface area contributed by atoms with Crippen molar-refractivity contribution in [3.8, 4) is 10.6 Å². The van der Waals surface area contributed by atoms with E-state index in [0.717, 1.165) is 4.88 Å². The Labute approximate surface area is 177 Å². The summed E-state index contributed by atoms with van der Waals surface area (Å²) >= 11 is 1.51. The molecule has 8 nitrogen and oxygen atoms in total. The van der Waals surface area contributed by atoms with E-state index in [1.165, 1.54) is 23.5 Å². The number of thiophene rings is 1. The second-order valence-corrected chi connectivity index (χ2v) is 9.43. The summed E-state index contributed by atoms with van der Waals surface area (Å²) in [4.78, 5) is 18.7. The normalized spacial score (nSPS) is 11.9. The molecule has 4 rings (SSSR count). The van der Waals surface area contributed by atoms with Crippen LogP contribution in [0.1, 0.15) is 30.2 Å². The molecule has 1 aromatic carbocycles. The van der Waals surface area contributed by atoms with E-state index in [-0.39, 0.29) is 16.6 Å². The highest BCUT2D eigenvalue weighted by Crippen LogP contribution is 2.30. The van der Waals surface area contributed by atoms with Crippen molar-refractivity contribution in [3.05, 3.63) is 59.6 Å². The maximum atomic E-state index is 13.2. The molecule has 0 aliphatic heterocycles. The molecule has 3 aromatic heterocycles. The predicted molar refractivity (Wildman–Crippen MR) is 117 cm³/mol. The Morgan fingerprint density at radius 1 is 1.20 bits per heavy atom. The van der Waals surface area contributed by atoms with Crippen molar-refractivity contribution in [2.24, 2.45) is 5.14 Å². The van der Waals surface area contributed by atoms with Gasteiger partial charge in [-0.15, -0.1) is 11.3 Å². The molecule has 0 saturated heterocycles. The van der Waals surface area contributed by atoms with Gasteiger partial charge in [-0.3, -0.25) is 4.79 Å². The van der Waals surface area contributed by atoms with Gasteiger partial charge in [-0.05, 0) is 43.5 Å². The number of hydrogen-bond acceptors (Lipinski definition) is 6. The molecule has 0 spiro atoms. The van der Waals surface area contributed by atoms with Crippen LogP contribution in [-0.4, -0.2) is 29.1 Å². The van der Waals surface area contributed by atoms with Crippen molar-refractivity contribution in [2.75, 3.05) is 5.32 Å². The molecule has 3 heterocycles. The molecule has 10 heteroatoms. The van der Waals surface area contributed by atoms with Gasteiger partial charge in [0.05, 0.1) is 33.4 Å². The van der Waals surface area contributed by atoms with Crippen LogP contribution < -0.4 is 10.5 Å². The van der Waals surface area contributed by atoms with Crippen LogP contribution >= 0.6 is 11.3 Å². The number of aromatic nitrogens is 3.